The second-order valence-corrected chi connectivity index (χ2v) is 3.65. The molecule has 1 rings (SSSR count). The number of amides is 1. The van der Waals surface area contributed by atoms with Crippen LogP contribution in [-0.2, 0) is 4.79 Å². The minimum Gasteiger partial charge on any atom is -0.325 e. The maximum absolute atomic E-state index is 11.2. The van der Waals surface area contributed by atoms with Crippen LogP contribution in [0.25, 0.3) is 0 Å². The van der Waals surface area contributed by atoms with E-state index in [4.69, 9.17) is 5.73 Å². The van der Waals surface area contributed by atoms with Crippen molar-refractivity contribution in [3.63, 3.8) is 0 Å². The summed E-state index contributed by atoms with van der Waals surface area (Å²) in [6.45, 7) is -0.000539. The Labute approximate surface area is 101 Å². The van der Waals surface area contributed by atoms with Crippen molar-refractivity contribution >= 4 is 40.0 Å². The molecule has 0 unspecified atom stereocenters. The molecule has 1 amide bonds. The van der Waals surface area contributed by atoms with Crippen LogP contribution in [0.2, 0.25) is 0 Å². The van der Waals surface area contributed by atoms with Crippen molar-refractivity contribution < 1.29 is 9.59 Å². The highest BCUT2D eigenvalue weighted by Gasteiger charge is 2.03. The van der Waals surface area contributed by atoms with Crippen LogP contribution in [0.3, 0.4) is 0 Å². The van der Waals surface area contributed by atoms with Crippen LogP contribution in [0.1, 0.15) is 10.4 Å². The van der Waals surface area contributed by atoms with E-state index in [0.717, 1.165) is 0 Å². The Kier molecular flexibility index (Phi) is 4.70. The number of ketones is 1. The molecule has 0 bridgehead atoms. The number of hydrogen-bond donors (Lipinski definition) is 2. The molecule has 0 aromatic heterocycles. The Morgan fingerprint density at radius 1 is 1.27 bits per heavy atom. The number of halogens is 1. The first kappa shape index (κ1) is 12.1. The lowest BCUT2D eigenvalue weighted by Gasteiger charge is -2.03. The topological polar surface area (TPSA) is 72.2 Å². The fourth-order valence-corrected chi connectivity index (χ4v) is 1.24. The zero-order valence-corrected chi connectivity index (χ0v) is 10.2. The summed E-state index contributed by atoms with van der Waals surface area (Å²) in [5.41, 5.74) is 6.47. The first-order valence-electron chi connectivity index (χ1n) is 4.36. The fourth-order valence-electron chi connectivity index (χ4n) is 1.05. The van der Waals surface area contributed by atoms with Gasteiger partial charge in [-0.1, -0.05) is 22.6 Å². The predicted octanol–water partition coefficient (Wildman–Crippen LogP) is 1.20. The number of alkyl halides is 1. The number of rotatable bonds is 4. The van der Waals surface area contributed by atoms with Gasteiger partial charge in [0.05, 0.1) is 11.0 Å². The summed E-state index contributed by atoms with van der Waals surface area (Å²) in [7, 11) is 0. The van der Waals surface area contributed by atoms with Crippen LogP contribution in [0.5, 0.6) is 0 Å². The van der Waals surface area contributed by atoms with E-state index in [9.17, 15) is 9.59 Å². The summed E-state index contributed by atoms with van der Waals surface area (Å²) >= 11 is 1.98. The highest BCUT2D eigenvalue weighted by atomic mass is 127. The van der Waals surface area contributed by atoms with E-state index >= 15 is 0 Å². The maximum atomic E-state index is 11.2. The van der Waals surface area contributed by atoms with Gasteiger partial charge in [0.1, 0.15) is 0 Å². The highest BCUT2D eigenvalue weighted by Crippen LogP contribution is 2.09. The summed E-state index contributed by atoms with van der Waals surface area (Å²) in [6, 6.07) is 6.68. The van der Waals surface area contributed by atoms with Crippen LogP contribution in [0.4, 0.5) is 5.69 Å². The van der Waals surface area contributed by atoms with Gasteiger partial charge in [0, 0.05) is 11.3 Å². The molecule has 4 nitrogen and oxygen atoms in total. The van der Waals surface area contributed by atoms with E-state index in [1.807, 2.05) is 22.6 Å². The smallest absolute Gasteiger partial charge is 0.234 e. The molecule has 0 spiro atoms. The minimum absolute atomic E-state index is 0.000539. The normalized spacial score (nSPS) is 9.73. The van der Waals surface area contributed by atoms with Gasteiger partial charge >= 0.3 is 0 Å². The highest BCUT2D eigenvalue weighted by molar-refractivity contribution is 14.1. The molecule has 80 valence electrons. The van der Waals surface area contributed by atoms with E-state index in [-0.39, 0.29) is 18.2 Å². The first-order chi connectivity index (χ1) is 7.17. The van der Waals surface area contributed by atoms with Gasteiger partial charge < -0.3 is 11.1 Å². The molecule has 0 aliphatic carbocycles. The quantitative estimate of drug-likeness (QED) is 0.498. The predicted molar refractivity (Wildman–Crippen MR) is 67.3 cm³/mol. The summed E-state index contributed by atoms with van der Waals surface area (Å²) in [4.78, 5) is 22.2. The summed E-state index contributed by atoms with van der Waals surface area (Å²) < 4.78 is 0.404. The van der Waals surface area contributed by atoms with Gasteiger partial charge in [-0.3, -0.25) is 9.59 Å². The molecule has 0 fully saturated rings. The number of carbonyl (C=O) groups is 2. The molecule has 3 N–H and O–H groups in total. The number of nitrogens with two attached hydrogens (primary N) is 1. The summed E-state index contributed by atoms with van der Waals surface area (Å²) in [5, 5.41) is 2.69. The molecule has 0 saturated carbocycles. The fraction of sp³-hybridized carbons (Fsp3) is 0.200. The molecule has 0 aliphatic rings. The molecule has 0 saturated heterocycles. The van der Waals surface area contributed by atoms with Crippen LogP contribution in [-0.4, -0.2) is 22.7 Å². The van der Waals surface area contributed by atoms with Crippen LogP contribution < -0.4 is 11.1 Å². The van der Waals surface area contributed by atoms with Gasteiger partial charge in [-0.15, -0.1) is 0 Å². The lowest BCUT2D eigenvalue weighted by molar-refractivity contribution is -0.113. The third-order valence-corrected chi connectivity index (χ3v) is 2.49. The standard InChI is InChI=1S/C10H11IN2O2/c11-5-10(15)13-8-3-1-7(2-4-8)9(14)6-12/h1-4H,5-6,12H2,(H,13,15). The van der Waals surface area contributed by atoms with E-state index < -0.39 is 0 Å². The van der Waals surface area contributed by atoms with Crippen LogP contribution >= 0.6 is 22.6 Å². The van der Waals surface area contributed by atoms with Gasteiger partial charge in [0.15, 0.2) is 5.78 Å². The molecule has 1 aromatic carbocycles. The molecule has 1 aromatic rings. The largest absolute Gasteiger partial charge is 0.325 e. The lowest BCUT2D eigenvalue weighted by Crippen LogP contribution is -2.14. The Hall–Kier alpha value is -0.950. The Balaban J connectivity index is 2.72. The zero-order chi connectivity index (χ0) is 11.3. The Morgan fingerprint density at radius 2 is 1.87 bits per heavy atom. The second kappa shape index (κ2) is 5.82. The van der Waals surface area contributed by atoms with Gasteiger partial charge in [-0.2, -0.15) is 0 Å². The van der Waals surface area contributed by atoms with Crippen molar-refractivity contribution in [1.82, 2.24) is 0 Å². The van der Waals surface area contributed by atoms with Gasteiger partial charge in [-0.25, -0.2) is 0 Å². The Morgan fingerprint density at radius 3 is 2.33 bits per heavy atom. The SMILES string of the molecule is NCC(=O)c1ccc(NC(=O)CI)cc1. The number of benzene rings is 1. The molecule has 0 radical (unpaired) electrons. The molecular formula is C10H11IN2O2. The average Bonchev–Trinajstić information content (AvgIpc) is 2.29. The van der Waals surface area contributed by atoms with E-state index in [2.05, 4.69) is 5.32 Å². The monoisotopic (exact) mass is 318 g/mol. The van der Waals surface area contributed by atoms with Crippen molar-refractivity contribution in [2.75, 3.05) is 16.3 Å². The molecule has 5 heteroatoms. The lowest BCUT2D eigenvalue weighted by atomic mass is 10.1. The number of carbonyl (C=O) groups excluding carboxylic acids is 2. The second-order valence-electron chi connectivity index (χ2n) is 2.89. The number of nitrogens with one attached hydrogen (secondary N) is 1. The summed E-state index contributed by atoms with van der Waals surface area (Å²) in [6.07, 6.45) is 0. The van der Waals surface area contributed by atoms with Crippen LogP contribution in [0, 0.1) is 0 Å². The maximum Gasteiger partial charge on any atom is 0.234 e. The van der Waals surface area contributed by atoms with E-state index in [1.54, 1.807) is 24.3 Å². The number of hydrogen-bond acceptors (Lipinski definition) is 3. The molecule has 0 atom stereocenters. The van der Waals surface area contributed by atoms with Crippen LogP contribution in [0.15, 0.2) is 24.3 Å². The minimum atomic E-state index is -0.109. The van der Waals surface area contributed by atoms with Gasteiger partial charge in [0.25, 0.3) is 0 Å². The van der Waals surface area contributed by atoms with Gasteiger partial charge in [0.2, 0.25) is 5.91 Å². The average molecular weight is 318 g/mol. The molecule has 15 heavy (non-hydrogen) atoms. The summed E-state index contributed by atoms with van der Waals surface area (Å²) in [5.74, 6) is -0.171. The van der Waals surface area contributed by atoms with E-state index in [0.29, 0.717) is 15.7 Å². The van der Waals surface area contributed by atoms with Crippen molar-refractivity contribution in [2.45, 2.75) is 0 Å². The Bertz CT molecular complexity index is 362. The van der Waals surface area contributed by atoms with Crippen molar-refractivity contribution in [3.05, 3.63) is 29.8 Å². The molecule has 0 heterocycles. The van der Waals surface area contributed by atoms with E-state index in [1.165, 1.54) is 0 Å². The first-order valence-corrected chi connectivity index (χ1v) is 5.89. The number of Topliss-reactive ketones (excluding diaryl/α,β-unsaturated/α-hetero) is 1. The van der Waals surface area contributed by atoms with Crippen molar-refractivity contribution in [1.29, 1.82) is 0 Å². The number of anilines is 1. The third-order valence-electron chi connectivity index (χ3n) is 1.80. The zero-order valence-electron chi connectivity index (χ0n) is 8.00. The van der Waals surface area contributed by atoms with Gasteiger partial charge in [-0.05, 0) is 24.3 Å². The third kappa shape index (κ3) is 3.60. The molecule has 0 aliphatic heterocycles. The van der Waals surface area contributed by atoms with Crippen molar-refractivity contribution in [2.24, 2.45) is 5.73 Å². The molecular weight excluding hydrogens is 307 g/mol. The van der Waals surface area contributed by atoms with Crippen molar-refractivity contribution in [3.8, 4) is 0 Å².